The number of guanidine groups is 1. The van der Waals surface area contributed by atoms with Gasteiger partial charge in [0.2, 0.25) is 5.96 Å². The van der Waals surface area contributed by atoms with Gasteiger partial charge >= 0.3 is 0 Å². The van der Waals surface area contributed by atoms with Gasteiger partial charge in [0.05, 0.1) is 0 Å². The average Bonchev–Trinajstić information content (AvgIpc) is 2.05. The van der Waals surface area contributed by atoms with Gasteiger partial charge in [-0.15, -0.1) is 0 Å². The minimum Gasteiger partial charge on any atom is -0.342 e. The molecule has 1 unspecified atom stereocenters. The molecule has 0 saturated heterocycles. The van der Waals surface area contributed by atoms with E-state index in [4.69, 9.17) is 5.84 Å². The summed E-state index contributed by atoms with van der Waals surface area (Å²) in [7, 11) is 3.68. The Hall–Kier alpha value is -0.770. The number of nitrogens with zero attached hydrogens (tertiary/aromatic N) is 2. The van der Waals surface area contributed by atoms with Gasteiger partial charge in [0.15, 0.2) is 0 Å². The predicted molar refractivity (Wildman–Crippen MR) is 48.2 cm³/mol. The van der Waals surface area contributed by atoms with Crippen molar-refractivity contribution in [1.82, 2.24) is 10.3 Å². The maximum Gasteiger partial charge on any atom is 0.208 e. The number of hydrogen-bond acceptors (Lipinski definition) is 2. The summed E-state index contributed by atoms with van der Waals surface area (Å²) in [5.41, 5.74) is 2.54. The van der Waals surface area contributed by atoms with E-state index in [0.29, 0.717) is 6.04 Å². The summed E-state index contributed by atoms with van der Waals surface area (Å²) in [6.45, 7) is 4.26. The Labute approximate surface area is 68.4 Å². The first-order chi connectivity index (χ1) is 5.17. The zero-order valence-electron chi connectivity index (χ0n) is 7.76. The monoisotopic (exact) mass is 158 g/mol. The summed E-state index contributed by atoms with van der Waals surface area (Å²) in [6.07, 6.45) is 1.08. The van der Waals surface area contributed by atoms with Gasteiger partial charge in [-0.05, 0) is 13.3 Å². The summed E-state index contributed by atoms with van der Waals surface area (Å²) in [6, 6.07) is 0.463. The zero-order chi connectivity index (χ0) is 8.85. The van der Waals surface area contributed by atoms with Crippen molar-refractivity contribution in [2.24, 2.45) is 10.8 Å². The van der Waals surface area contributed by atoms with Crippen LogP contribution in [0.5, 0.6) is 0 Å². The highest BCUT2D eigenvalue weighted by Gasteiger charge is 2.09. The van der Waals surface area contributed by atoms with Crippen molar-refractivity contribution < 1.29 is 0 Å². The van der Waals surface area contributed by atoms with Crippen LogP contribution in [0.15, 0.2) is 4.99 Å². The van der Waals surface area contributed by atoms with E-state index >= 15 is 0 Å². The molecule has 4 nitrogen and oxygen atoms in total. The van der Waals surface area contributed by atoms with Crippen molar-refractivity contribution in [3.05, 3.63) is 0 Å². The molecule has 0 aromatic carbocycles. The maximum atomic E-state index is 5.25. The Morgan fingerprint density at radius 2 is 2.27 bits per heavy atom. The molecule has 11 heavy (non-hydrogen) atoms. The number of nitrogens with two attached hydrogens (primary N) is 1. The topological polar surface area (TPSA) is 53.6 Å². The van der Waals surface area contributed by atoms with E-state index in [1.165, 1.54) is 0 Å². The maximum absolute atomic E-state index is 5.25. The molecule has 0 saturated carbocycles. The Bertz CT molecular complexity index is 132. The SMILES string of the molecule is CCC(C)N(C)C(=NC)NN. The molecule has 0 heterocycles. The standard InChI is InChI=1S/C7H18N4/c1-5-6(2)11(4)7(9-3)10-8/h6H,5,8H2,1-4H3,(H,9,10). The van der Waals surface area contributed by atoms with E-state index in [9.17, 15) is 0 Å². The fraction of sp³-hybridized carbons (Fsp3) is 0.857. The van der Waals surface area contributed by atoms with E-state index < -0.39 is 0 Å². The normalized spacial score (nSPS) is 14.5. The van der Waals surface area contributed by atoms with Crippen molar-refractivity contribution in [3.8, 4) is 0 Å². The van der Waals surface area contributed by atoms with Gasteiger partial charge in [-0.1, -0.05) is 6.92 Å². The first-order valence-electron chi connectivity index (χ1n) is 3.83. The summed E-state index contributed by atoms with van der Waals surface area (Å²) in [4.78, 5) is 6.00. The highest BCUT2D eigenvalue weighted by atomic mass is 15.4. The molecule has 0 spiro atoms. The average molecular weight is 158 g/mol. The lowest BCUT2D eigenvalue weighted by molar-refractivity contribution is 0.368. The van der Waals surface area contributed by atoms with Crippen LogP contribution in [0.2, 0.25) is 0 Å². The van der Waals surface area contributed by atoms with Crippen molar-refractivity contribution in [2.75, 3.05) is 14.1 Å². The van der Waals surface area contributed by atoms with Gasteiger partial charge in [0.1, 0.15) is 0 Å². The summed E-state index contributed by atoms with van der Waals surface area (Å²) < 4.78 is 0. The third-order valence-corrected chi connectivity index (χ3v) is 1.93. The fourth-order valence-corrected chi connectivity index (χ4v) is 0.807. The molecule has 4 heteroatoms. The van der Waals surface area contributed by atoms with Crippen LogP contribution >= 0.6 is 0 Å². The second-order valence-corrected chi connectivity index (χ2v) is 2.56. The minimum atomic E-state index is 0.463. The lowest BCUT2D eigenvalue weighted by Crippen LogP contribution is -2.46. The lowest BCUT2D eigenvalue weighted by atomic mass is 10.2. The number of nitrogens with one attached hydrogen (secondary N) is 1. The highest BCUT2D eigenvalue weighted by Crippen LogP contribution is 1.98. The Balaban J connectivity index is 4.09. The number of aliphatic imine (C=N–C) groups is 1. The summed E-state index contributed by atoms with van der Waals surface area (Å²) in [5, 5.41) is 0. The quantitative estimate of drug-likeness (QED) is 0.261. The van der Waals surface area contributed by atoms with Crippen molar-refractivity contribution in [1.29, 1.82) is 0 Å². The van der Waals surface area contributed by atoms with Gasteiger partial charge in [0.25, 0.3) is 0 Å². The molecule has 1 atom stereocenters. The highest BCUT2D eigenvalue weighted by molar-refractivity contribution is 5.79. The minimum absolute atomic E-state index is 0.463. The van der Waals surface area contributed by atoms with Crippen LogP contribution in [-0.4, -0.2) is 31.0 Å². The summed E-state index contributed by atoms with van der Waals surface area (Å²) >= 11 is 0. The molecule has 3 N–H and O–H groups in total. The van der Waals surface area contributed by atoms with Crippen molar-refractivity contribution in [3.63, 3.8) is 0 Å². The van der Waals surface area contributed by atoms with Crippen molar-refractivity contribution >= 4 is 5.96 Å². The van der Waals surface area contributed by atoms with E-state index in [1.54, 1.807) is 7.05 Å². The molecule has 0 aromatic rings. The smallest absolute Gasteiger partial charge is 0.208 e. The molecule has 0 aliphatic rings. The van der Waals surface area contributed by atoms with Crippen LogP contribution in [0.4, 0.5) is 0 Å². The molecule has 0 bridgehead atoms. The number of rotatable bonds is 2. The Morgan fingerprint density at radius 1 is 1.73 bits per heavy atom. The molecular weight excluding hydrogens is 140 g/mol. The molecule has 0 aromatic heterocycles. The first-order valence-corrected chi connectivity index (χ1v) is 3.83. The summed E-state index contributed by atoms with van der Waals surface area (Å²) in [5.74, 6) is 5.98. The molecule has 0 aliphatic carbocycles. The van der Waals surface area contributed by atoms with E-state index in [-0.39, 0.29) is 0 Å². The van der Waals surface area contributed by atoms with Crippen LogP contribution in [0.1, 0.15) is 20.3 Å². The van der Waals surface area contributed by atoms with Gasteiger partial charge in [-0.25, -0.2) is 5.84 Å². The van der Waals surface area contributed by atoms with E-state index in [1.807, 2.05) is 11.9 Å². The molecule has 0 rings (SSSR count). The number of hydrazine groups is 1. The molecule has 0 aliphatic heterocycles. The number of hydrogen-bond donors (Lipinski definition) is 2. The second-order valence-electron chi connectivity index (χ2n) is 2.56. The van der Waals surface area contributed by atoms with Gasteiger partial charge < -0.3 is 4.90 Å². The first kappa shape index (κ1) is 10.2. The Kier molecular flexibility index (Phi) is 4.61. The van der Waals surface area contributed by atoms with Gasteiger partial charge in [-0.3, -0.25) is 10.4 Å². The zero-order valence-corrected chi connectivity index (χ0v) is 7.76. The molecule has 66 valence electrons. The van der Waals surface area contributed by atoms with Gasteiger partial charge in [0, 0.05) is 20.1 Å². The van der Waals surface area contributed by atoms with E-state index in [2.05, 4.69) is 24.3 Å². The van der Waals surface area contributed by atoms with Crippen LogP contribution in [0, 0.1) is 0 Å². The third-order valence-electron chi connectivity index (χ3n) is 1.93. The molecule has 0 radical (unpaired) electrons. The Morgan fingerprint density at radius 3 is 2.55 bits per heavy atom. The van der Waals surface area contributed by atoms with Crippen LogP contribution in [0.25, 0.3) is 0 Å². The molecule has 0 amide bonds. The van der Waals surface area contributed by atoms with Crippen molar-refractivity contribution in [2.45, 2.75) is 26.3 Å². The third kappa shape index (κ3) is 2.76. The van der Waals surface area contributed by atoms with Crippen LogP contribution in [-0.2, 0) is 0 Å². The van der Waals surface area contributed by atoms with E-state index in [0.717, 1.165) is 12.4 Å². The van der Waals surface area contributed by atoms with Crippen LogP contribution < -0.4 is 11.3 Å². The lowest BCUT2D eigenvalue weighted by Gasteiger charge is -2.26. The van der Waals surface area contributed by atoms with Crippen LogP contribution in [0.3, 0.4) is 0 Å². The fourth-order valence-electron chi connectivity index (χ4n) is 0.807. The molecular formula is C7H18N4. The predicted octanol–water partition coefficient (Wildman–Crippen LogP) is 0.166. The molecule has 0 fully saturated rings. The largest absolute Gasteiger partial charge is 0.342 e. The second kappa shape index (κ2) is 4.96. The van der Waals surface area contributed by atoms with Gasteiger partial charge in [-0.2, -0.15) is 0 Å².